The first-order valence-corrected chi connectivity index (χ1v) is 12.7. The van der Waals surface area contributed by atoms with Gasteiger partial charge in [-0.2, -0.15) is 4.68 Å². The number of likely N-dealkylation sites (tertiary alicyclic amines) is 1. The first-order chi connectivity index (χ1) is 17.0. The summed E-state index contributed by atoms with van der Waals surface area (Å²) in [6.07, 6.45) is 6.50. The first-order valence-electron chi connectivity index (χ1n) is 12.7. The summed E-state index contributed by atoms with van der Waals surface area (Å²) in [5, 5.41) is 16.8. The Morgan fingerprint density at radius 3 is 2.39 bits per heavy atom. The minimum atomic E-state index is -0.763. The molecule has 4 rings (SSSR count). The summed E-state index contributed by atoms with van der Waals surface area (Å²) < 4.78 is 1.27. The normalized spacial score (nSPS) is 18.9. The zero-order chi connectivity index (χ0) is 26.1. The molecule has 1 aromatic carbocycles. The van der Waals surface area contributed by atoms with Crippen LogP contribution >= 0.6 is 0 Å². The average molecular weight is 496 g/mol. The minimum absolute atomic E-state index is 0.0933. The third-order valence-corrected chi connectivity index (χ3v) is 8.10. The van der Waals surface area contributed by atoms with E-state index in [4.69, 9.17) is 0 Å². The number of nitrogens with zero attached hydrogens (tertiary/aromatic N) is 4. The van der Waals surface area contributed by atoms with Crippen molar-refractivity contribution in [2.45, 2.75) is 76.8 Å². The molecule has 2 N–H and O–H groups in total. The van der Waals surface area contributed by atoms with Crippen LogP contribution in [0.2, 0.25) is 0 Å². The van der Waals surface area contributed by atoms with Crippen LogP contribution in [0, 0.1) is 6.92 Å². The van der Waals surface area contributed by atoms with E-state index in [0.717, 1.165) is 42.4 Å². The maximum absolute atomic E-state index is 12.9. The molecule has 0 unspecified atom stereocenters. The van der Waals surface area contributed by atoms with E-state index < -0.39 is 11.4 Å². The molecule has 1 saturated carbocycles. The van der Waals surface area contributed by atoms with Gasteiger partial charge in [-0.05, 0) is 57.7 Å². The predicted molar refractivity (Wildman–Crippen MR) is 137 cm³/mol. The number of nitrogens with one attached hydrogen (secondary N) is 1. The molecule has 0 atom stereocenters. The number of benzene rings is 1. The molecule has 1 aromatic heterocycles. The van der Waals surface area contributed by atoms with Crippen LogP contribution in [0.3, 0.4) is 0 Å². The lowest BCUT2D eigenvalue weighted by atomic mass is 9.77. The number of aryl methyl sites for hydroxylation is 1. The molecule has 2 fully saturated rings. The zero-order valence-corrected chi connectivity index (χ0v) is 21.7. The molecule has 2 aliphatic rings. The standard InChI is InChI=1S/C27H37N5O4/c1-19-15-21(17-22(16-19)27(24(34)35)8-5-6-9-27)18-30(4)26(3)10-13-31(14-11-26)25(36)32-12-7-23(29-32)28-20(2)33/h7,12,15-17H,5-6,8-11,13-14,18H2,1-4H3,(H,34,35)(H,28,29,33). The van der Waals surface area contributed by atoms with Gasteiger partial charge in [-0.1, -0.05) is 36.6 Å². The predicted octanol–water partition coefficient (Wildman–Crippen LogP) is 4.00. The molecule has 2 aromatic rings. The highest BCUT2D eigenvalue weighted by molar-refractivity contribution is 5.88. The van der Waals surface area contributed by atoms with Crippen LogP contribution in [-0.4, -0.2) is 68.3 Å². The Kier molecular flexibility index (Phi) is 7.22. The number of aliphatic carboxylic acids is 1. The van der Waals surface area contributed by atoms with E-state index in [-0.39, 0.29) is 17.5 Å². The Morgan fingerprint density at radius 2 is 1.78 bits per heavy atom. The Hall–Kier alpha value is -3.20. The minimum Gasteiger partial charge on any atom is -0.481 e. The quantitative estimate of drug-likeness (QED) is 0.627. The Bertz CT molecular complexity index is 1140. The molecule has 1 saturated heterocycles. The maximum atomic E-state index is 12.9. The van der Waals surface area contributed by atoms with Crippen LogP contribution in [0.5, 0.6) is 0 Å². The van der Waals surface area contributed by atoms with Gasteiger partial charge < -0.3 is 15.3 Å². The van der Waals surface area contributed by atoms with Crippen LogP contribution < -0.4 is 5.32 Å². The van der Waals surface area contributed by atoms with Gasteiger partial charge in [-0.3, -0.25) is 14.5 Å². The molecule has 2 amide bonds. The van der Waals surface area contributed by atoms with Crippen molar-refractivity contribution < 1.29 is 19.5 Å². The summed E-state index contributed by atoms with van der Waals surface area (Å²) in [6, 6.07) is 7.69. The number of piperidine rings is 1. The fraction of sp³-hybridized carbons (Fsp3) is 0.556. The lowest BCUT2D eigenvalue weighted by Crippen LogP contribution is -2.53. The molecule has 9 nitrogen and oxygen atoms in total. The highest BCUT2D eigenvalue weighted by Gasteiger charge is 2.43. The molecule has 36 heavy (non-hydrogen) atoms. The van der Waals surface area contributed by atoms with Gasteiger partial charge in [-0.25, -0.2) is 4.79 Å². The number of anilines is 1. The molecule has 2 heterocycles. The van der Waals surface area contributed by atoms with Crippen molar-refractivity contribution in [3.8, 4) is 0 Å². The summed E-state index contributed by atoms with van der Waals surface area (Å²) in [4.78, 5) is 40.5. The topological polar surface area (TPSA) is 108 Å². The van der Waals surface area contributed by atoms with Crippen molar-refractivity contribution in [1.82, 2.24) is 19.6 Å². The summed E-state index contributed by atoms with van der Waals surface area (Å²) >= 11 is 0. The van der Waals surface area contributed by atoms with Crippen LogP contribution in [0.25, 0.3) is 0 Å². The molecule has 194 valence electrons. The van der Waals surface area contributed by atoms with Crippen molar-refractivity contribution in [2.75, 3.05) is 25.5 Å². The van der Waals surface area contributed by atoms with E-state index in [9.17, 15) is 19.5 Å². The van der Waals surface area contributed by atoms with E-state index >= 15 is 0 Å². The monoisotopic (exact) mass is 495 g/mol. The molecule has 0 bridgehead atoms. The van der Waals surface area contributed by atoms with Crippen molar-refractivity contribution >= 4 is 23.7 Å². The summed E-state index contributed by atoms with van der Waals surface area (Å²) in [5.74, 6) is -0.584. The Labute approximate surface area is 212 Å². The largest absolute Gasteiger partial charge is 0.481 e. The fourth-order valence-corrected chi connectivity index (χ4v) is 5.68. The van der Waals surface area contributed by atoms with Gasteiger partial charge in [0.25, 0.3) is 0 Å². The average Bonchev–Trinajstić information content (AvgIpc) is 3.49. The van der Waals surface area contributed by atoms with E-state index in [0.29, 0.717) is 38.3 Å². The van der Waals surface area contributed by atoms with Crippen molar-refractivity contribution in [1.29, 1.82) is 0 Å². The highest BCUT2D eigenvalue weighted by atomic mass is 16.4. The van der Waals surface area contributed by atoms with Crippen molar-refractivity contribution in [3.63, 3.8) is 0 Å². The van der Waals surface area contributed by atoms with Gasteiger partial charge in [0.15, 0.2) is 5.82 Å². The maximum Gasteiger partial charge on any atom is 0.344 e. The molecule has 0 spiro atoms. The van der Waals surface area contributed by atoms with Crippen LogP contribution in [-0.2, 0) is 21.5 Å². The van der Waals surface area contributed by atoms with Crippen LogP contribution in [0.15, 0.2) is 30.5 Å². The number of carbonyl (C=O) groups is 3. The zero-order valence-electron chi connectivity index (χ0n) is 21.7. The van der Waals surface area contributed by atoms with Gasteiger partial charge in [0.2, 0.25) is 5.91 Å². The number of hydrogen-bond donors (Lipinski definition) is 2. The van der Waals surface area contributed by atoms with Crippen molar-refractivity contribution in [2.24, 2.45) is 0 Å². The number of carboxylic acid groups (broad SMARTS) is 1. The Balaban J connectivity index is 1.41. The second-order valence-corrected chi connectivity index (χ2v) is 10.8. The smallest absolute Gasteiger partial charge is 0.344 e. The second-order valence-electron chi connectivity index (χ2n) is 10.8. The lowest BCUT2D eigenvalue weighted by Gasteiger charge is -2.45. The fourth-order valence-electron chi connectivity index (χ4n) is 5.68. The van der Waals surface area contributed by atoms with Gasteiger partial charge in [0, 0.05) is 44.4 Å². The van der Waals surface area contributed by atoms with Gasteiger partial charge in [0.05, 0.1) is 5.41 Å². The molecule has 0 radical (unpaired) electrons. The number of aromatic nitrogens is 2. The number of rotatable bonds is 6. The number of hydrogen-bond acceptors (Lipinski definition) is 5. The third-order valence-electron chi connectivity index (χ3n) is 8.10. The van der Waals surface area contributed by atoms with Crippen molar-refractivity contribution in [3.05, 3.63) is 47.2 Å². The summed E-state index contributed by atoms with van der Waals surface area (Å²) in [7, 11) is 2.11. The number of amides is 2. The van der Waals surface area contributed by atoms with E-state index in [1.807, 2.05) is 13.0 Å². The Morgan fingerprint density at radius 1 is 1.11 bits per heavy atom. The molecule has 9 heteroatoms. The number of carboxylic acids is 1. The second kappa shape index (κ2) is 10.0. The van der Waals surface area contributed by atoms with Crippen LogP contribution in [0.1, 0.15) is 69.1 Å². The highest BCUT2D eigenvalue weighted by Crippen LogP contribution is 2.42. The molecule has 1 aliphatic carbocycles. The summed E-state index contributed by atoms with van der Waals surface area (Å²) in [5.41, 5.74) is 2.29. The lowest BCUT2D eigenvalue weighted by molar-refractivity contribution is -0.143. The van der Waals surface area contributed by atoms with Gasteiger partial charge in [0.1, 0.15) is 0 Å². The van der Waals surface area contributed by atoms with E-state index in [2.05, 4.69) is 41.4 Å². The van der Waals surface area contributed by atoms with Crippen LogP contribution in [0.4, 0.5) is 10.6 Å². The number of carbonyl (C=O) groups excluding carboxylic acids is 2. The SMILES string of the molecule is CC(=O)Nc1ccn(C(=O)N2CCC(C)(N(C)Cc3cc(C)cc(C4(C(=O)O)CCCC4)c3)CC2)n1. The van der Waals surface area contributed by atoms with E-state index in [1.54, 1.807) is 17.2 Å². The molecule has 1 aliphatic heterocycles. The molecular formula is C27H37N5O4. The van der Waals surface area contributed by atoms with Gasteiger partial charge in [-0.15, -0.1) is 5.10 Å². The van der Waals surface area contributed by atoms with Gasteiger partial charge >= 0.3 is 12.0 Å². The van der Waals surface area contributed by atoms with E-state index in [1.165, 1.54) is 11.6 Å². The molecular weight excluding hydrogens is 458 g/mol. The third kappa shape index (κ3) is 5.16. The summed E-state index contributed by atoms with van der Waals surface area (Å²) in [6.45, 7) is 7.60. The first kappa shape index (κ1) is 25.9.